The summed E-state index contributed by atoms with van der Waals surface area (Å²) in [5, 5.41) is 14.3. The number of primary amides is 1. The molecule has 0 radical (unpaired) electrons. The number of pyridine rings is 1. The number of nitrogens with zero attached hydrogens (tertiary/aromatic N) is 2. The normalized spacial score (nSPS) is 11.7. The van der Waals surface area contributed by atoms with Crippen molar-refractivity contribution in [2.24, 2.45) is 5.73 Å². The van der Waals surface area contributed by atoms with E-state index in [2.05, 4.69) is 10.3 Å². The Kier molecular flexibility index (Phi) is 5.07. The van der Waals surface area contributed by atoms with Crippen molar-refractivity contribution in [1.29, 1.82) is 0 Å². The van der Waals surface area contributed by atoms with Gasteiger partial charge in [-0.25, -0.2) is 0 Å². The van der Waals surface area contributed by atoms with Gasteiger partial charge in [-0.05, 0) is 18.2 Å². The number of carbonyl (C=O) groups is 2. The molecule has 0 fully saturated rings. The van der Waals surface area contributed by atoms with Gasteiger partial charge in [-0.1, -0.05) is 30.3 Å². The van der Waals surface area contributed by atoms with Gasteiger partial charge < -0.3 is 11.1 Å². The van der Waals surface area contributed by atoms with Gasteiger partial charge in [-0.3, -0.25) is 24.7 Å². The van der Waals surface area contributed by atoms with Gasteiger partial charge >= 0.3 is 0 Å². The van der Waals surface area contributed by atoms with Crippen molar-refractivity contribution in [1.82, 2.24) is 10.3 Å². The van der Waals surface area contributed by atoms with Crippen LogP contribution < -0.4 is 11.1 Å². The molecule has 27 heavy (non-hydrogen) atoms. The van der Waals surface area contributed by atoms with Crippen LogP contribution in [0.2, 0.25) is 0 Å². The molecular formula is C19H16N4O4. The lowest BCUT2D eigenvalue weighted by molar-refractivity contribution is -0.384. The van der Waals surface area contributed by atoms with Crippen LogP contribution in [0.3, 0.4) is 0 Å². The van der Waals surface area contributed by atoms with E-state index < -0.39 is 22.8 Å². The smallest absolute Gasteiger partial charge is 0.270 e. The molecule has 1 aromatic heterocycles. The fourth-order valence-corrected chi connectivity index (χ4v) is 2.66. The quantitative estimate of drug-likeness (QED) is 0.510. The van der Waals surface area contributed by atoms with Crippen molar-refractivity contribution in [3.63, 3.8) is 0 Å². The van der Waals surface area contributed by atoms with E-state index in [1.807, 2.05) is 30.3 Å². The average Bonchev–Trinajstić information content (AvgIpc) is 2.67. The van der Waals surface area contributed by atoms with Gasteiger partial charge in [-0.2, -0.15) is 0 Å². The molecule has 0 saturated carbocycles. The fraction of sp³-hybridized carbons (Fsp3) is 0.105. The number of aromatic nitrogens is 1. The van der Waals surface area contributed by atoms with Crippen LogP contribution in [-0.4, -0.2) is 27.8 Å². The molecule has 1 atom stereocenters. The molecule has 0 aliphatic carbocycles. The van der Waals surface area contributed by atoms with Gasteiger partial charge in [0.15, 0.2) is 0 Å². The molecular weight excluding hydrogens is 348 g/mol. The van der Waals surface area contributed by atoms with E-state index in [4.69, 9.17) is 5.73 Å². The van der Waals surface area contributed by atoms with Crippen LogP contribution in [0, 0.1) is 10.1 Å². The third-order valence-corrected chi connectivity index (χ3v) is 4.04. The largest absolute Gasteiger partial charge is 0.368 e. The molecule has 8 heteroatoms. The zero-order valence-electron chi connectivity index (χ0n) is 14.2. The average molecular weight is 364 g/mol. The summed E-state index contributed by atoms with van der Waals surface area (Å²) in [7, 11) is 0. The summed E-state index contributed by atoms with van der Waals surface area (Å²) in [6.45, 7) is 0. The summed E-state index contributed by atoms with van der Waals surface area (Å²) in [6.07, 6.45) is 0.112. The van der Waals surface area contributed by atoms with E-state index in [0.29, 0.717) is 5.69 Å². The summed E-state index contributed by atoms with van der Waals surface area (Å²) >= 11 is 0. The molecule has 0 spiro atoms. The number of hydrogen-bond acceptors (Lipinski definition) is 5. The number of fused-ring (bicyclic) bond motifs is 1. The Labute approximate surface area is 154 Å². The Morgan fingerprint density at radius 3 is 2.63 bits per heavy atom. The zero-order valence-corrected chi connectivity index (χ0v) is 14.2. The number of non-ortho nitro benzene ring substituents is 1. The molecule has 3 aromatic rings. The first-order valence-corrected chi connectivity index (χ1v) is 8.13. The Bertz CT molecular complexity index is 1030. The zero-order chi connectivity index (χ0) is 19.4. The van der Waals surface area contributed by atoms with Crippen LogP contribution >= 0.6 is 0 Å². The summed E-state index contributed by atoms with van der Waals surface area (Å²) in [5.41, 5.74) is 6.63. The number of hydrogen-bond donors (Lipinski definition) is 2. The summed E-state index contributed by atoms with van der Waals surface area (Å²) in [5.74, 6) is -1.34. The van der Waals surface area contributed by atoms with Crippen LogP contribution in [0.15, 0.2) is 60.7 Å². The van der Waals surface area contributed by atoms with E-state index in [1.54, 1.807) is 6.07 Å². The van der Waals surface area contributed by atoms with Crippen molar-refractivity contribution in [2.45, 2.75) is 12.5 Å². The van der Waals surface area contributed by atoms with E-state index in [-0.39, 0.29) is 17.7 Å². The highest BCUT2D eigenvalue weighted by atomic mass is 16.6. The van der Waals surface area contributed by atoms with Gasteiger partial charge in [0.2, 0.25) is 5.91 Å². The third kappa shape index (κ3) is 4.24. The minimum atomic E-state index is -0.995. The van der Waals surface area contributed by atoms with E-state index in [0.717, 1.165) is 17.0 Å². The number of nitro groups is 1. The van der Waals surface area contributed by atoms with Gasteiger partial charge in [0.05, 0.1) is 10.4 Å². The molecule has 8 nitrogen and oxygen atoms in total. The number of nitrogens with one attached hydrogen (secondary N) is 1. The molecule has 3 rings (SSSR count). The Hall–Kier alpha value is -3.81. The molecule has 1 heterocycles. The Morgan fingerprint density at radius 2 is 1.89 bits per heavy atom. The highest BCUT2D eigenvalue weighted by molar-refractivity contribution is 5.97. The predicted molar refractivity (Wildman–Crippen MR) is 99.0 cm³/mol. The second kappa shape index (κ2) is 7.61. The van der Waals surface area contributed by atoms with Gasteiger partial charge in [0, 0.05) is 35.2 Å². The van der Waals surface area contributed by atoms with Crippen LogP contribution in [0.1, 0.15) is 16.1 Å². The second-order valence-electron chi connectivity index (χ2n) is 5.94. The lowest BCUT2D eigenvalue weighted by Crippen LogP contribution is -2.46. The number of rotatable bonds is 6. The second-order valence-corrected chi connectivity index (χ2v) is 5.94. The van der Waals surface area contributed by atoms with Crippen molar-refractivity contribution >= 4 is 28.4 Å². The molecule has 136 valence electrons. The topological polar surface area (TPSA) is 128 Å². The number of nitrogens with two attached hydrogens (primary N) is 1. The molecule has 0 aliphatic heterocycles. The minimum absolute atomic E-state index is 0.0712. The van der Waals surface area contributed by atoms with Crippen molar-refractivity contribution in [2.75, 3.05) is 0 Å². The molecule has 0 bridgehead atoms. The number of benzene rings is 2. The first-order chi connectivity index (χ1) is 12.9. The predicted octanol–water partition coefficient (Wildman–Crippen LogP) is 1.97. The maximum Gasteiger partial charge on any atom is 0.270 e. The molecule has 3 N–H and O–H groups in total. The number of nitro benzene ring substituents is 1. The van der Waals surface area contributed by atoms with Gasteiger partial charge in [0.25, 0.3) is 11.6 Å². The lowest BCUT2D eigenvalue weighted by Gasteiger charge is -2.15. The van der Waals surface area contributed by atoms with Crippen molar-refractivity contribution in [3.8, 4) is 0 Å². The third-order valence-electron chi connectivity index (χ3n) is 4.04. The first-order valence-electron chi connectivity index (χ1n) is 8.13. The van der Waals surface area contributed by atoms with Crippen LogP contribution in [-0.2, 0) is 11.2 Å². The Morgan fingerprint density at radius 1 is 1.11 bits per heavy atom. The Balaban J connectivity index is 1.79. The number of amides is 2. The van der Waals surface area contributed by atoms with Crippen LogP contribution in [0.4, 0.5) is 5.69 Å². The monoisotopic (exact) mass is 364 g/mol. The van der Waals surface area contributed by atoms with Crippen LogP contribution in [0.5, 0.6) is 0 Å². The van der Waals surface area contributed by atoms with Gasteiger partial charge in [-0.15, -0.1) is 0 Å². The maximum absolute atomic E-state index is 12.4. The molecule has 0 aliphatic rings. The lowest BCUT2D eigenvalue weighted by atomic mass is 10.1. The maximum atomic E-state index is 12.4. The SMILES string of the molecule is NC(=O)[C@@H](Cc1ccc2ccccc2n1)NC(=O)c1cccc([N+](=O)[O-])c1. The number of carbonyl (C=O) groups excluding carboxylic acids is 2. The van der Waals surface area contributed by atoms with E-state index in [1.165, 1.54) is 18.2 Å². The first kappa shape index (κ1) is 18.0. The summed E-state index contributed by atoms with van der Waals surface area (Å²) in [4.78, 5) is 38.9. The van der Waals surface area contributed by atoms with Crippen LogP contribution in [0.25, 0.3) is 10.9 Å². The van der Waals surface area contributed by atoms with E-state index in [9.17, 15) is 19.7 Å². The highest BCUT2D eigenvalue weighted by Crippen LogP contribution is 2.15. The minimum Gasteiger partial charge on any atom is -0.368 e. The number of para-hydroxylation sites is 1. The highest BCUT2D eigenvalue weighted by Gasteiger charge is 2.21. The molecule has 0 unspecified atom stereocenters. The van der Waals surface area contributed by atoms with Crippen molar-refractivity contribution in [3.05, 3.63) is 82.0 Å². The van der Waals surface area contributed by atoms with E-state index >= 15 is 0 Å². The molecule has 0 saturated heterocycles. The summed E-state index contributed by atoms with van der Waals surface area (Å²) < 4.78 is 0. The molecule has 2 aromatic carbocycles. The van der Waals surface area contributed by atoms with Gasteiger partial charge in [0.1, 0.15) is 6.04 Å². The summed E-state index contributed by atoms with van der Waals surface area (Å²) in [6, 6.07) is 15.4. The molecule has 2 amide bonds. The fourth-order valence-electron chi connectivity index (χ4n) is 2.66. The van der Waals surface area contributed by atoms with Crippen molar-refractivity contribution < 1.29 is 14.5 Å². The standard InChI is InChI=1S/C19H16N4O4/c20-18(24)17(11-14-9-8-12-4-1-2-7-16(12)21-14)22-19(25)13-5-3-6-15(10-13)23(26)27/h1-10,17H,11H2,(H2,20,24)(H,22,25)/t17-/m1/s1.